The van der Waals surface area contributed by atoms with E-state index < -0.39 is 17.5 Å². The van der Waals surface area contributed by atoms with Crippen molar-refractivity contribution >= 4 is 11.9 Å². The van der Waals surface area contributed by atoms with Gasteiger partial charge in [0.25, 0.3) is 0 Å². The lowest BCUT2D eigenvalue weighted by Crippen LogP contribution is -2.24. The van der Waals surface area contributed by atoms with Gasteiger partial charge >= 0.3 is 11.9 Å². The average molecular weight is 240 g/mol. The van der Waals surface area contributed by atoms with Crippen LogP contribution in [-0.2, 0) is 23.8 Å². The molecule has 0 N–H and O–H groups in total. The van der Waals surface area contributed by atoms with Gasteiger partial charge in [0.1, 0.15) is 0 Å². The van der Waals surface area contributed by atoms with Crippen LogP contribution in [0.5, 0.6) is 0 Å². The van der Waals surface area contributed by atoms with Crippen molar-refractivity contribution in [2.45, 2.75) is 25.9 Å². The first kappa shape index (κ1) is 13.3. The maximum absolute atomic E-state index is 11.6. The van der Waals surface area contributed by atoms with E-state index in [9.17, 15) is 9.59 Å². The van der Waals surface area contributed by atoms with Crippen LogP contribution in [0.2, 0.25) is 0 Å². The molecule has 94 valence electrons. The molecule has 0 spiro atoms. The summed E-state index contributed by atoms with van der Waals surface area (Å²) in [4.78, 5) is 23.0. The zero-order valence-electron chi connectivity index (χ0n) is 10.2. The predicted molar refractivity (Wildman–Crippen MR) is 60.0 cm³/mol. The van der Waals surface area contributed by atoms with Crippen LogP contribution in [-0.4, -0.2) is 31.3 Å². The third-order valence-electron chi connectivity index (χ3n) is 2.28. The molecule has 1 aliphatic heterocycles. The molecule has 1 heterocycles. The molecule has 5 heteroatoms. The Kier molecular flexibility index (Phi) is 3.93. The summed E-state index contributed by atoms with van der Waals surface area (Å²) in [6.07, 6.45) is 2.30. The minimum Gasteiger partial charge on any atom is -0.492 e. The van der Waals surface area contributed by atoms with E-state index in [-0.39, 0.29) is 11.3 Å². The first-order chi connectivity index (χ1) is 7.94. The van der Waals surface area contributed by atoms with Gasteiger partial charge in [-0.3, -0.25) is 0 Å². The van der Waals surface area contributed by atoms with Crippen LogP contribution in [0.25, 0.3) is 0 Å². The molecule has 0 unspecified atom stereocenters. The van der Waals surface area contributed by atoms with Crippen molar-refractivity contribution in [1.82, 2.24) is 0 Å². The zero-order valence-corrected chi connectivity index (χ0v) is 10.2. The third-order valence-corrected chi connectivity index (χ3v) is 2.28. The molecule has 5 nitrogen and oxygen atoms in total. The highest BCUT2D eigenvalue weighted by atomic mass is 16.6. The summed E-state index contributed by atoms with van der Waals surface area (Å²) < 4.78 is 15.0. The zero-order chi connectivity index (χ0) is 13.1. The lowest BCUT2D eigenvalue weighted by atomic mass is 10.1. The summed E-state index contributed by atoms with van der Waals surface area (Å²) in [5, 5.41) is 0. The van der Waals surface area contributed by atoms with Gasteiger partial charge in [-0.1, -0.05) is 6.08 Å². The molecule has 0 atom stereocenters. The van der Waals surface area contributed by atoms with Crippen LogP contribution in [0.3, 0.4) is 0 Å². The van der Waals surface area contributed by atoms with Crippen molar-refractivity contribution in [1.29, 1.82) is 0 Å². The summed E-state index contributed by atoms with van der Waals surface area (Å²) in [6.45, 7) is 7.21. The van der Waals surface area contributed by atoms with Gasteiger partial charge in [0.15, 0.2) is 16.9 Å². The molecule has 1 rings (SSSR count). The van der Waals surface area contributed by atoms with Crippen molar-refractivity contribution in [3.63, 3.8) is 0 Å². The highest BCUT2D eigenvalue weighted by Crippen LogP contribution is 2.33. The van der Waals surface area contributed by atoms with Gasteiger partial charge in [-0.15, -0.1) is 6.58 Å². The average Bonchev–Trinajstić information content (AvgIpc) is 2.48. The van der Waals surface area contributed by atoms with Crippen molar-refractivity contribution in [2.75, 3.05) is 13.7 Å². The molecule has 0 radical (unpaired) electrons. The van der Waals surface area contributed by atoms with E-state index in [4.69, 9.17) is 9.47 Å². The molecule has 0 aliphatic carbocycles. The number of rotatable bonds is 5. The fourth-order valence-corrected chi connectivity index (χ4v) is 1.49. The molecule has 17 heavy (non-hydrogen) atoms. The first-order valence-corrected chi connectivity index (χ1v) is 5.24. The fourth-order valence-electron chi connectivity index (χ4n) is 1.49. The van der Waals surface area contributed by atoms with Gasteiger partial charge in [-0.25, -0.2) is 9.59 Å². The highest BCUT2D eigenvalue weighted by molar-refractivity contribution is 6.16. The van der Waals surface area contributed by atoms with Gasteiger partial charge in [0.05, 0.1) is 13.7 Å². The quantitative estimate of drug-likeness (QED) is 0.314. The number of esters is 2. The number of carbonyl (C=O) groups excluding carboxylic acids is 2. The Morgan fingerprint density at radius 2 is 2.18 bits per heavy atom. The SMILES string of the molecule is C=CCCOC1=C(C(=O)OC)C(=O)OC1(C)C. The monoisotopic (exact) mass is 240 g/mol. The van der Waals surface area contributed by atoms with E-state index in [0.717, 1.165) is 0 Å². The van der Waals surface area contributed by atoms with Crippen LogP contribution >= 0.6 is 0 Å². The van der Waals surface area contributed by atoms with Gasteiger partial charge in [0, 0.05) is 0 Å². The van der Waals surface area contributed by atoms with Crippen molar-refractivity contribution in [3.8, 4) is 0 Å². The maximum atomic E-state index is 11.6. The molecule has 0 saturated carbocycles. The van der Waals surface area contributed by atoms with Crippen LogP contribution in [0.4, 0.5) is 0 Å². The Morgan fingerprint density at radius 1 is 1.53 bits per heavy atom. The number of hydrogen-bond donors (Lipinski definition) is 0. The number of hydrogen-bond acceptors (Lipinski definition) is 5. The lowest BCUT2D eigenvalue weighted by Gasteiger charge is -2.21. The summed E-state index contributed by atoms with van der Waals surface area (Å²) in [5.74, 6) is -1.24. The molecular weight excluding hydrogens is 224 g/mol. The lowest BCUT2D eigenvalue weighted by molar-refractivity contribution is -0.148. The predicted octanol–water partition coefficient (Wildman–Crippen LogP) is 1.34. The van der Waals surface area contributed by atoms with Gasteiger partial charge in [0.2, 0.25) is 0 Å². The molecule has 0 saturated heterocycles. The largest absolute Gasteiger partial charge is 0.492 e. The van der Waals surface area contributed by atoms with E-state index in [1.165, 1.54) is 7.11 Å². The summed E-state index contributed by atoms with van der Waals surface area (Å²) in [5.41, 5.74) is -1.11. The molecule has 0 aromatic rings. The van der Waals surface area contributed by atoms with Crippen LogP contribution < -0.4 is 0 Å². The third kappa shape index (κ3) is 2.67. The second kappa shape index (κ2) is 5.03. The van der Waals surface area contributed by atoms with E-state index in [2.05, 4.69) is 11.3 Å². The highest BCUT2D eigenvalue weighted by Gasteiger charge is 2.45. The molecule has 0 aromatic carbocycles. The first-order valence-electron chi connectivity index (χ1n) is 5.24. The molecule has 0 amide bonds. The molecular formula is C12H16O5. The minimum absolute atomic E-state index is 0.165. The number of cyclic esters (lactones) is 1. The van der Waals surface area contributed by atoms with Crippen molar-refractivity contribution in [2.24, 2.45) is 0 Å². The topological polar surface area (TPSA) is 61.8 Å². The van der Waals surface area contributed by atoms with Crippen LogP contribution in [0.1, 0.15) is 20.3 Å². The minimum atomic E-state index is -0.943. The van der Waals surface area contributed by atoms with Crippen molar-refractivity contribution < 1.29 is 23.8 Å². The van der Waals surface area contributed by atoms with Crippen LogP contribution in [0, 0.1) is 0 Å². The number of ether oxygens (including phenoxy) is 3. The summed E-state index contributed by atoms with van der Waals surface area (Å²) >= 11 is 0. The fraction of sp³-hybridized carbons (Fsp3) is 0.500. The van der Waals surface area contributed by atoms with Gasteiger partial charge < -0.3 is 14.2 Å². The Bertz CT molecular complexity index is 378. The number of methoxy groups -OCH3 is 1. The Morgan fingerprint density at radius 3 is 2.71 bits per heavy atom. The maximum Gasteiger partial charge on any atom is 0.350 e. The standard InChI is InChI=1S/C12H16O5/c1-5-6-7-16-9-8(10(13)15-4)11(14)17-12(9,2)3/h5H,1,6-7H2,2-4H3. The van der Waals surface area contributed by atoms with E-state index >= 15 is 0 Å². The number of carbonyl (C=O) groups is 2. The summed E-state index contributed by atoms with van der Waals surface area (Å²) in [6, 6.07) is 0. The molecule has 0 bridgehead atoms. The van der Waals surface area contributed by atoms with Crippen molar-refractivity contribution in [3.05, 3.63) is 24.0 Å². The van der Waals surface area contributed by atoms with E-state index in [1.54, 1.807) is 19.9 Å². The van der Waals surface area contributed by atoms with Crippen LogP contribution in [0.15, 0.2) is 24.0 Å². The normalized spacial score (nSPS) is 17.7. The second-order valence-electron chi connectivity index (χ2n) is 4.02. The van der Waals surface area contributed by atoms with Gasteiger partial charge in [-0.2, -0.15) is 0 Å². The van der Waals surface area contributed by atoms with Gasteiger partial charge in [-0.05, 0) is 20.3 Å². The Hall–Kier alpha value is -1.78. The summed E-state index contributed by atoms with van der Waals surface area (Å²) in [7, 11) is 1.20. The molecule has 0 fully saturated rings. The van der Waals surface area contributed by atoms with E-state index in [0.29, 0.717) is 13.0 Å². The Balaban J connectivity index is 3.01. The smallest absolute Gasteiger partial charge is 0.350 e. The molecule has 1 aliphatic rings. The molecule has 0 aromatic heterocycles. The second-order valence-corrected chi connectivity index (χ2v) is 4.02. The Labute approximate surface area is 100 Å². The van der Waals surface area contributed by atoms with E-state index in [1.807, 2.05) is 0 Å².